The third-order valence-electron chi connectivity index (χ3n) is 4.91. The van der Waals surface area contributed by atoms with Crippen LogP contribution in [-0.2, 0) is 14.6 Å². The zero-order chi connectivity index (χ0) is 18.3. The number of benzene rings is 1. The molecule has 0 amide bonds. The predicted octanol–water partition coefficient (Wildman–Crippen LogP) is 3.28. The summed E-state index contributed by atoms with van der Waals surface area (Å²) in [6.07, 6.45) is 0.788. The Bertz CT molecular complexity index is 946. The molecule has 1 aromatic heterocycles. The third-order valence-corrected chi connectivity index (χ3v) is 8.29. The van der Waals surface area contributed by atoms with Crippen molar-refractivity contribution in [3.8, 4) is 22.6 Å². The van der Waals surface area contributed by atoms with Gasteiger partial charge in [-0.3, -0.25) is 4.79 Å². The van der Waals surface area contributed by atoms with Gasteiger partial charge in [0.2, 0.25) is 6.79 Å². The molecule has 1 saturated heterocycles. The van der Waals surface area contributed by atoms with E-state index in [9.17, 15) is 13.2 Å². The summed E-state index contributed by atoms with van der Waals surface area (Å²) < 4.78 is 35.6. The molecule has 1 unspecified atom stereocenters. The van der Waals surface area contributed by atoms with E-state index in [1.165, 1.54) is 0 Å². The lowest BCUT2D eigenvalue weighted by Gasteiger charge is -2.27. The molecule has 4 rings (SSSR count). The number of carboxylic acids is 1. The largest absolute Gasteiger partial charge is 0.481 e. The Labute approximate surface area is 155 Å². The van der Waals surface area contributed by atoms with Crippen LogP contribution in [0.2, 0.25) is 0 Å². The smallest absolute Gasteiger partial charge is 0.304 e. The first kappa shape index (κ1) is 17.4. The first-order valence-electron chi connectivity index (χ1n) is 8.34. The quantitative estimate of drug-likeness (QED) is 0.856. The highest BCUT2D eigenvalue weighted by Gasteiger charge is 2.36. The molecule has 8 heteroatoms. The van der Waals surface area contributed by atoms with Crippen molar-refractivity contribution < 1.29 is 27.8 Å². The van der Waals surface area contributed by atoms with Crippen molar-refractivity contribution in [2.75, 3.05) is 12.5 Å². The van der Waals surface area contributed by atoms with Crippen molar-refractivity contribution in [2.24, 2.45) is 0 Å². The van der Waals surface area contributed by atoms with Gasteiger partial charge in [0.15, 0.2) is 21.3 Å². The van der Waals surface area contributed by atoms with Crippen LogP contribution in [0.5, 0.6) is 11.5 Å². The average molecular weight is 394 g/mol. The maximum atomic E-state index is 12.4. The van der Waals surface area contributed by atoms with Crippen LogP contribution in [0, 0.1) is 0 Å². The number of carbonyl (C=O) groups is 1. The molecule has 138 valence electrons. The molecule has 0 spiro atoms. The topological polar surface area (TPSA) is 89.9 Å². The fraction of sp³-hybridized carbons (Fsp3) is 0.389. The SMILES string of the molecule is O=C(O)C[C@@H]1CCC(c2cc(-c3ccc4c(c3)OCO4)cs2)CS1(=O)=O. The summed E-state index contributed by atoms with van der Waals surface area (Å²) >= 11 is 1.55. The van der Waals surface area contributed by atoms with Gasteiger partial charge >= 0.3 is 5.97 Å². The van der Waals surface area contributed by atoms with Crippen LogP contribution in [-0.4, -0.2) is 37.3 Å². The number of hydrogen-bond donors (Lipinski definition) is 1. The molecule has 0 aliphatic carbocycles. The first-order chi connectivity index (χ1) is 12.4. The van der Waals surface area contributed by atoms with E-state index in [4.69, 9.17) is 14.6 Å². The number of ether oxygens (including phenoxy) is 2. The van der Waals surface area contributed by atoms with E-state index in [0.29, 0.717) is 18.6 Å². The van der Waals surface area contributed by atoms with Gasteiger partial charge in [0.25, 0.3) is 0 Å². The molecule has 1 fully saturated rings. The number of fused-ring (bicyclic) bond motifs is 1. The lowest BCUT2D eigenvalue weighted by molar-refractivity contribution is -0.137. The molecule has 0 radical (unpaired) electrons. The van der Waals surface area contributed by atoms with Gasteiger partial charge in [0.1, 0.15) is 0 Å². The lowest BCUT2D eigenvalue weighted by Crippen LogP contribution is -2.34. The number of hydrogen-bond acceptors (Lipinski definition) is 6. The Balaban J connectivity index is 1.53. The Morgan fingerprint density at radius 2 is 1.96 bits per heavy atom. The standard InChI is InChI=1S/C18H18O6S2/c19-18(20)7-14-3-1-12(9-26(14,21)22)17-6-13(8-25-17)11-2-4-15-16(5-11)24-10-23-15/h2,4-6,8,12,14H,1,3,7,9-10H2,(H,19,20)/t12?,14-/m0/s1. The van der Waals surface area contributed by atoms with Gasteiger partial charge in [-0.25, -0.2) is 8.42 Å². The van der Waals surface area contributed by atoms with Crippen LogP contribution in [0.4, 0.5) is 0 Å². The molecule has 2 aliphatic heterocycles. The number of sulfone groups is 1. The Morgan fingerprint density at radius 3 is 2.73 bits per heavy atom. The van der Waals surface area contributed by atoms with Crippen LogP contribution >= 0.6 is 11.3 Å². The minimum absolute atomic E-state index is 0.0199. The maximum absolute atomic E-state index is 12.4. The van der Waals surface area contributed by atoms with Gasteiger partial charge in [-0.1, -0.05) is 6.07 Å². The van der Waals surface area contributed by atoms with Crippen molar-refractivity contribution in [1.29, 1.82) is 0 Å². The highest BCUT2D eigenvalue weighted by atomic mass is 32.2. The van der Waals surface area contributed by atoms with Gasteiger partial charge in [-0.05, 0) is 47.5 Å². The van der Waals surface area contributed by atoms with E-state index in [1.54, 1.807) is 11.3 Å². The highest BCUT2D eigenvalue weighted by Crippen LogP contribution is 2.40. The van der Waals surface area contributed by atoms with Crippen molar-refractivity contribution in [1.82, 2.24) is 0 Å². The van der Waals surface area contributed by atoms with Crippen molar-refractivity contribution in [3.05, 3.63) is 34.5 Å². The predicted molar refractivity (Wildman–Crippen MR) is 97.7 cm³/mol. The van der Waals surface area contributed by atoms with Gasteiger partial charge < -0.3 is 14.6 Å². The summed E-state index contributed by atoms with van der Waals surface area (Å²) in [5, 5.41) is 10.2. The third kappa shape index (κ3) is 3.31. The number of rotatable bonds is 4. The second-order valence-electron chi connectivity index (χ2n) is 6.63. The molecule has 1 aromatic carbocycles. The lowest BCUT2D eigenvalue weighted by atomic mass is 9.99. The summed E-state index contributed by atoms with van der Waals surface area (Å²) in [6, 6.07) is 7.78. The van der Waals surface area contributed by atoms with E-state index in [2.05, 4.69) is 0 Å². The normalized spacial score (nSPS) is 23.7. The van der Waals surface area contributed by atoms with Gasteiger partial charge in [-0.2, -0.15) is 0 Å². The molecule has 2 aromatic rings. The molecular weight excluding hydrogens is 376 g/mol. The summed E-state index contributed by atoms with van der Waals surface area (Å²) in [7, 11) is -3.39. The minimum atomic E-state index is -3.39. The number of aliphatic carboxylic acids is 1. The van der Waals surface area contributed by atoms with Crippen LogP contribution < -0.4 is 9.47 Å². The molecule has 1 N–H and O–H groups in total. The molecule has 3 heterocycles. The minimum Gasteiger partial charge on any atom is -0.481 e. The zero-order valence-electron chi connectivity index (χ0n) is 13.9. The van der Waals surface area contributed by atoms with Crippen LogP contribution in [0.15, 0.2) is 29.6 Å². The fourth-order valence-corrected chi connectivity index (χ4v) is 6.74. The summed E-state index contributed by atoms with van der Waals surface area (Å²) in [4.78, 5) is 11.9. The number of thiophene rings is 1. The van der Waals surface area contributed by atoms with Crippen LogP contribution in [0.1, 0.15) is 30.1 Å². The average Bonchev–Trinajstić information content (AvgIpc) is 3.24. The second kappa shape index (κ2) is 6.59. The summed E-state index contributed by atoms with van der Waals surface area (Å²) in [5.41, 5.74) is 2.02. The summed E-state index contributed by atoms with van der Waals surface area (Å²) in [6.45, 7) is 0.227. The second-order valence-corrected chi connectivity index (χ2v) is 9.90. The van der Waals surface area contributed by atoms with E-state index in [-0.39, 0.29) is 24.9 Å². The Morgan fingerprint density at radius 1 is 1.15 bits per heavy atom. The van der Waals surface area contributed by atoms with E-state index in [0.717, 1.165) is 21.8 Å². The molecule has 2 aliphatic rings. The molecular formula is C18H18O6S2. The van der Waals surface area contributed by atoms with Crippen molar-refractivity contribution in [2.45, 2.75) is 30.4 Å². The zero-order valence-corrected chi connectivity index (χ0v) is 15.5. The highest BCUT2D eigenvalue weighted by molar-refractivity contribution is 7.92. The van der Waals surface area contributed by atoms with Crippen LogP contribution in [0.25, 0.3) is 11.1 Å². The van der Waals surface area contributed by atoms with Crippen molar-refractivity contribution >= 4 is 27.1 Å². The summed E-state index contributed by atoms with van der Waals surface area (Å²) in [5.74, 6) is 0.335. The van der Waals surface area contributed by atoms with Crippen molar-refractivity contribution in [3.63, 3.8) is 0 Å². The first-order valence-corrected chi connectivity index (χ1v) is 10.9. The van der Waals surface area contributed by atoms with E-state index in [1.807, 2.05) is 29.6 Å². The van der Waals surface area contributed by atoms with Gasteiger partial charge in [0.05, 0.1) is 17.4 Å². The monoisotopic (exact) mass is 394 g/mol. The molecule has 2 atom stereocenters. The molecule has 0 bridgehead atoms. The Hall–Kier alpha value is -2.06. The van der Waals surface area contributed by atoms with Gasteiger partial charge in [0, 0.05) is 10.8 Å². The molecule has 26 heavy (non-hydrogen) atoms. The fourth-order valence-electron chi connectivity index (χ4n) is 3.51. The Kier molecular flexibility index (Phi) is 4.40. The maximum Gasteiger partial charge on any atom is 0.304 e. The van der Waals surface area contributed by atoms with Crippen LogP contribution in [0.3, 0.4) is 0 Å². The molecule has 6 nitrogen and oxygen atoms in total. The molecule has 0 saturated carbocycles. The van der Waals surface area contributed by atoms with Gasteiger partial charge in [-0.15, -0.1) is 11.3 Å². The van der Waals surface area contributed by atoms with E-state index < -0.39 is 21.1 Å². The number of carboxylic acid groups (broad SMARTS) is 1. The van der Waals surface area contributed by atoms with E-state index >= 15 is 0 Å².